The van der Waals surface area contributed by atoms with E-state index in [-0.39, 0.29) is 22.7 Å². The van der Waals surface area contributed by atoms with Crippen LogP contribution in [-0.4, -0.2) is 16.0 Å². The Morgan fingerprint density at radius 3 is 2.70 bits per heavy atom. The second-order valence-electron chi connectivity index (χ2n) is 4.16. The Bertz CT molecular complexity index is 632. The molecule has 0 atom stereocenters. The number of amides is 1. The molecule has 0 radical (unpaired) electrons. The summed E-state index contributed by atoms with van der Waals surface area (Å²) in [7, 11) is 0. The number of carbonyl (C=O) groups is 1. The molecule has 0 saturated carbocycles. The molecule has 1 aromatic heterocycles. The maximum absolute atomic E-state index is 11.9. The van der Waals surface area contributed by atoms with Crippen LogP contribution in [0.2, 0.25) is 10.2 Å². The zero-order valence-corrected chi connectivity index (χ0v) is 11.9. The highest BCUT2D eigenvalue weighted by molar-refractivity contribution is 6.41. The third kappa shape index (κ3) is 3.70. The minimum absolute atomic E-state index is 0.0293. The van der Waals surface area contributed by atoms with Crippen LogP contribution in [0, 0.1) is 0 Å². The van der Waals surface area contributed by atoms with E-state index in [2.05, 4.69) is 10.3 Å². The summed E-state index contributed by atoms with van der Waals surface area (Å²) in [6, 6.07) is 8.80. The van der Waals surface area contributed by atoms with Gasteiger partial charge in [0.1, 0.15) is 5.15 Å². The summed E-state index contributed by atoms with van der Waals surface area (Å²) in [5, 5.41) is 12.2. The van der Waals surface area contributed by atoms with Gasteiger partial charge in [-0.15, -0.1) is 0 Å². The Labute approximate surface area is 126 Å². The van der Waals surface area contributed by atoms with Crippen LogP contribution in [-0.2, 0) is 13.2 Å². The Kier molecular flexibility index (Phi) is 4.95. The fourth-order valence-corrected chi connectivity index (χ4v) is 1.94. The number of aliphatic hydroxyl groups excluding tert-OH is 1. The van der Waals surface area contributed by atoms with E-state index in [0.717, 1.165) is 11.1 Å². The molecule has 6 heteroatoms. The summed E-state index contributed by atoms with van der Waals surface area (Å²) in [4.78, 5) is 15.8. The molecule has 0 aliphatic rings. The maximum Gasteiger partial charge on any atom is 0.253 e. The number of aliphatic hydroxyl groups is 1. The van der Waals surface area contributed by atoms with Gasteiger partial charge in [0.15, 0.2) is 0 Å². The lowest BCUT2D eigenvalue weighted by Gasteiger charge is -2.07. The molecule has 4 nitrogen and oxygen atoms in total. The Morgan fingerprint density at radius 2 is 2.00 bits per heavy atom. The van der Waals surface area contributed by atoms with Crippen LogP contribution in [0.5, 0.6) is 0 Å². The molecule has 2 rings (SSSR count). The lowest BCUT2D eigenvalue weighted by Crippen LogP contribution is -2.23. The van der Waals surface area contributed by atoms with Gasteiger partial charge in [-0.25, -0.2) is 4.98 Å². The van der Waals surface area contributed by atoms with Crippen molar-refractivity contribution in [2.75, 3.05) is 0 Å². The van der Waals surface area contributed by atoms with Crippen LogP contribution in [0.15, 0.2) is 36.5 Å². The minimum atomic E-state index is -0.287. The number of aromatic nitrogens is 1. The van der Waals surface area contributed by atoms with Gasteiger partial charge in [-0.1, -0.05) is 47.5 Å². The summed E-state index contributed by atoms with van der Waals surface area (Å²) in [5.74, 6) is -0.287. The number of benzene rings is 1. The Balaban J connectivity index is 2.02. The molecule has 0 spiro atoms. The highest BCUT2D eigenvalue weighted by Gasteiger charge is 2.08. The molecule has 1 heterocycles. The normalized spacial score (nSPS) is 10.3. The summed E-state index contributed by atoms with van der Waals surface area (Å²) in [6.45, 7) is 0.325. The summed E-state index contributed by atoms with van der Waals surface area (Å²) in [6.07, 6.45) is 1.37. The second kappa shape index (κ2) is 6.70. The smallest absolute Gasteiger partial charge is 0.253 e. The monoisotopic (exact) mass is 310 g/mol. The van der Waals surface area contributed by atoms with Gasteiger partial charge in [0, 0.05) is 12.7 Å². The van der Waals surface area contributed by atoms with Crippen LogP contribution < -0.4 is 5.32 Å². The van der Waals surface area contributed by atoms with Crippen molar-refractivity contribution in [2.45, 2.75) is 13.2 Å². The standard InChI is InChI=1S/C14H12Cl2N2O2/c15-12-5-11(7-17-13(12)16)14(20)18-6-9-2-1-3-10(4-9)8-19/h1-5,7,19H,6,8H2,(H,18,20). The molecule has 0 unspecified atom stereocenters. The third-order valence-corrected chi connectivity index (χ3v) is 3.37. The van der Waals surface area contributed by atoms with Gasteiger partial charge >= 0.3 is 0 Å². The number of hydrogen-bond acceptors (Lipinski definition) is 3. The molecule has 2 aromatic rings. The van der Waals surface area contributed by atoms with Gasteiger partial charge in [0.25, 0.3) is 5.91 Å². The van der Waals surface area contributed by atoms with E-state index in [9.17, 15) is 4.79 Å². The third-order valence-electron chi connectivity index (χ3n) is 2.69. The fourth-order valence-electron chi connectivity index (χ4n) is 1.67. The average molecular weight is 311 g/mol. The Morgan fingerprint density at radius 1 is 1.25 bits per heavy atom. The van der Waals surface area contributed by atoms with Crippen molar-refractivity contribution < 1.29 is 9.90 Å². The van der Waals surface area contributed by atoms with Crippen LogP contribution in [0.1, 0.15) is 21.5 Å². The fraction of sp³-hybridized carbons (Fsp3) is 0.143. The van der Waals surface area contributed by atoms with Crippen molar-refractivity contribution in [2.24, 2.45) is 0 Å². The van der Waals surface area contributed by atoms with Gasteiger partial charge in [-0.3, -0.25) is 4.79 Å². The van der Waals surface area contributed by atoms with Crippen LogP contribution >= 0.6 is 23.2 Å². The molecule has 0 bridgehead atoms. The molecule has 0 saturated heterocycles. The first-order valence-corrected chi connectivity index (χ1v) is 6.63. The number of carbonyl (C=O) groups excluding carboxylic acids is 1. The van der Waals surface area contributed by atoms with Gasteiger partial charge < -0.3 is 10.4 Å². The zero-order chi connectivity index (χ0) is 14.5. The molecule has 0 aliphatic carbocycles. The van der Waals surface area contributed by atoms with Crippen molar-refractivity contribution in [3.63, 3.8) is 0 Å². The molecule has 2 N–H and O–H groups in total. The van der Waals surface area contributed by atoms with Crippen LogP contribution in [0.3, 0.4) is 0 Å². The van der Waals surface area contributed by atoms with Gasteiger partial charge in [-0.2, -0.15) is 0 Å². The van der Waals surface area contributed by atoms with Crippen LogP contribution in [0.4, 0.5) is 0 Å². The van der Waals surface area contributed by atoms with E-state index in [1.807, 2.05) is 24.3 Å². The Hall–Kier alpha value is -1.62. The van der Waals surface area contributed by atoms with Crippen molar-refractivity contribution in [3.05, 3.63) is 63.4 Å². The van der Waals surface area contributed by atoms with E-state index in [1.165, 1.54) is 12.3 Å². The van der Waals surface area contributed by atoms with Gasteiger partial charge in [0.05, 0.1) is 17.2 Å². The molecule has 20 heavy (non-hydrogen) atoms. The molecule has 1 amide bonds. The number of nitrogens with one attached hydrogen (secondary N) is 1. The van der Waals surface area contributed by atoms with Crippen molar-refractivity contribution in [3.8, 4) is 0 Å². The first-order valence-electron chi connectivity index (χ1n) is 5.88. The first-order chi connectivity index (χ1) is 9.60. The minimum Gasteiger partial charge on any atom is -0.392 e. The topological polar surface area (TPSA) is 62.2 Å². The first kappa shape index (κ1) is 14.8. The van der Waals surface area contributed by atoms with Crippen molar-refractivity contribution in [1.29, 1.82) is 0 Å². The van der Waals surface area contributed by atoms with Crippen molar-refractivity contribution >= 4 is 29.1 Å². The largest absolute Gasteiger partial charge is 0.392 e. The van der Waals surface area contributed by atoms with Gasteiger partial charge in [0.2, 0.25) is 0 Å². The predicted octanol–water partition coefficient (Wildman–Crippen LogP) is 2.81. The second-order valence-corrected chi connectivity index (χ2v) is 4.92. The summed E-state index contributed by atoms with van der Waals surface area (Å²) < 4.78 is 0. The van der Waals surface area contributed by atoms with E-state index in [0.29, 0.717) is 12.1 Å². The van der Waals surface area contributed by atoms with Crippen molar-refractivity contribution in [1.82, 2.24) is 10.3 Å². The lowest BCUT2D eigenvalue weighted by atomic mass is 10.1. The lowest BCUT2D eigenvalue weighted by molar-refractivity contribution is 0.0950. The van der Waals surface area contributed by atoms with E-state index < -0.39 is 0 Å². The number of pyridine rings is 1. The summed E-state index contributed by atoms with van der Waals surface area (Å²) in [5.41, 5.74) is 2.04. The maximum atomic E-state index is 11.9. The predicted molar refractivity (Wildman–Crippen MR) is 77.8 cm³/mol. The summed E-state index contributed by atoms with van der Waals surface area (Å²) >= 11 is 11.5. The molecule has 1 aromatic carbocycles. The molecule has 0 aliphatic heterocycles. The molecule has 0 fully saturated rings. The molecule has 104 valence electrons. The van der Waals surface area contributed by atoms with E-state index in [1.54, 1.807) is 0 Å². The van der Waals surface area contributed by atoms with E-state index in [4.69, 9.17) is 28.3 Å². The zero-order valence-electron chi connectivity index (χ0n) is 10.4. The van der Waals surface area contributed by atoms with Crippen LogP contribution in [0.25, 0.3) is 0 Å². The van der Waals surface area contributed by atoms with E-state index >= 15 is 0 Å². The SMILES string of the molecule is O=C(NCc1cccc(CO)c1)c1cnc(Cl)c(Cl)c1. The number of rotatable bonds is 4. The average Bonchev–Trinajstić information content (AvgIpc) is 2.47. The number of nitrogens with zero attached hydrogens (tertiary/aromatic N) is 1. The quantitative estimate of drug-likeness (QED) is 0.854. The molecular weight excluding hydrogens is 299 g/mol. The number of hydrogen-bond donors (Lipinski definition) is 2. The molecular formula is C14H12Cl2N2O2. The highest BCUT2D eigenvalue weighted by atomic mass is 35.5. The highest BCUT2D eigenvalue weighted by Crippen LogP contribution is 2.19. The number of halogens is 2. The van der Waals surface area contributed by atoms with Gasteiger partial charge in [-0.05, 0) is 17.2 Å².